The number of rotatable bonds is 4. The number of hydrogen-bond donors (Lipinski definition) is 0. The third-order valence-electron chi connectivity index (χ3n) is 3.60. The van der Waals surface area contributed by atoms with Crippen LogP contribution in [-0.4, -0.2) is 18.9 Å². The summed E-state index contributed by atoms with van der Waals surface area (Å²) >= 11 is 0. The lowest BCUT2D eigenvalue weighted by molar-refractivity contribution is 0.0600. The summed E-state index contributed by atoms with van der Waals surface area (Å²) < 4.78 is 4.62. The molecule has 0 aliphatic rings. The Bertz CT molecular complexity index is 871. The van der Waals surface area contributed by atoms with Gasteiger partial charge in [0.1, 0.15) is 5.69 Å². The fraction of sp³-hybridized carbons (Fsp3) is 0.158. The van der Waals surface area contributed by atoms with Crippen LogP contribution in [0.2, 0.25) is 0 Å². The Hall–Kier alpha value is -3.26. The van der Waals surface area contributed by atoms with E-state index in [0.29, 0.717) is 22.3 Å². The second-order valence-electron chi connectivity index (χ2n) is 5.00. The van der Waals surface area contributed by atoms with Gasteiger partial charge in [0.25, 0.3) is 0 Å². The first kappa shape index (κ1) is 17.1. The molecule has 0 bridgehead atoms. The van der Waals surface area contributed by atoms with Crippen LogP contribution in [-0.2, 0) is 4.74 Å². The smallest absolute Gasteiger partial charge is 0.337 e. The minimum atomic E-state index is -0.486. The highest BCUT2D eigenvalue weighted by molar-refractivity contribution is 6.13. The summed E-state index contributed by atoms with van der Waals surface area (Å²) in [6.07, 6.45) is 0. The van der Waals surface area contributed by atoms with Crippen LogP contribution in [0.3, 0.4) is 0 Å². The lowest BCUT2D eigenvalue weighted by Crippen LogP contribution is -2.07. The van der Waals surface area contributed by atoms with E-state index in [1.54, 1.807) is 19.9 Å². The monoisotopic (exact) mass is 321 g/mol. The Morgan fingerprint density at radius 1 is 1.04 bits per heavy atom. The van der Waals surface area contributed by atoms with Crippen LogP contribution in [0.25, 0.3) is 0 Å². The van der Waals surface area contributed by atoms with Crippen molar-refractivity contribution in [3.8, 4) is 11.8 Å². The Morgan fingerprint density at radius 2 is 1.67 bits per heavy atom. The van der Waals surface area contributed by atoms with Gasteiger partial charge < -0.3 is 4.74 Å². The summed E-state index contributed by atoms with van der Waals surface area (Å²) in [4.78, 5) is 35.3. The van der Waals surface area contributed by atoms with Crippen molar-refractivity contribution in [3.63, 3.8) is 0 Å². The third-order valence-corrected chi connectivity index (χ3v) is 3.60. The molecule has 5 nitrogen and oxygen atoms in total. The van der Waals surface area contributed by atoms with Crippen LogP contribution in [0.4, 0.5) is 5.69 Å². The van der Waals surface area contributed by atoms with E-state index in [2.05, 4.69) is 21.8 Å². The highest BCUT2D eigenvalue weighted by Gasteiger charge is 2.19. The molecule has 2 rings (SSSR count). The molecule has 0 amide bonds. The van der Waals surface area contributed by atoms with E-state index in [4.69, 9.17) is 0 Å². The molecule has 0 aromatic heterocycles. The SMILES string of the molecule is CC#Cc1ccc(N=O)c(C(=O)c2ccc(C(=O)OC)cc2)c1C. The fourth-order valence-corrected chi connectivity index (χ4v) is 2.35. The molecule has 0 spiro atoms. The lowest BCUT2D eigenvalue weighted by Gasteiger charge is -2.09. The number of nitroso groups, excluding NO2 is 1. The summed E-state index contributed by atoms with van der Waals surface area (Å²) in [6.45, 7) is 3.42. The van der Waals surface area contributed by atoms with Gasteiger partial charge in [0, 0.05) is 11.1 Å². The zero-order valence-corrected chi connectivity index (χ0v) is 13.5. The standard InChI is InChI=1S/C19H15NO4/c1-4-5-13-10-11-16(20-23)17(12(13)2)18(21)14-6-8-15(9-7-14)19(22)24-3/h6-11H,1-3H3. The minimum Gasteiger partial charge on any atom is -0.465 e. The predicted octanol–water partition coefficient (Wildman–Crippen LogP) is 3.78. The molecule has 0 aliphatic carbocycles. The van der Waals surface area contributed by atoms with Gasteiger partial charge in [-0.2, -0.15) is 0 Å². The van der Waals surface area contributed by atoms with Crippen LogP contribution in [0.15, 0.2) is 41.6 Å². The summed E-state index contributed by atoms with van der Waals surface area (Å²) in [5, 5.41) is 2.95. The van der Waals surface area contributed by atoms with Gasteiger partial charge in [-0.05, 0) is 48.9 Å². The van der Waals surface area contributed by atoms with Crippen molar-refractivity contribution in [3.05, 3.63) is 69.1 Å². The van der Waals surface area contributed by atoms with Crippen molar-refractivity contribution >= 4 is 17.4 Å². The maximum atomic E-state index is 12.8. The van der Waals surface area contributed by atoms with E-state index < -0.39 is 5.97 Å². The van der Waals surface area contributed by atoms with Gasteiger partial charge in [-0.1, -0.05) is 18.1 Å². The molecular weight excluding hydrogens is 306 g/mol. The summed E-state index contributed by atoms with van der Waals surface area (Å²) in [5.41, 5.74) is 2.23. The molecule has 0 radical (unpaired) electrons. The van der Waals surface area contributed by atoms with Crippen molar-refractivity contribution in [2.75, 3.05) is 7.11 Å². The van der Waals surface area contributed by atoms with Gasteiger partial charge in [-0.3, -0.25) is 4.79 Å². The normalized spacial score (nSPS) is 9.62. The van der Waals surface area contributed by atoms with Gasteiger partial charge in [0.15, 0.2) is 5.78 Å². The number of carbonyl (C=O) groups excluding carboxylic acids is 2. The molecule has 0 atom stereocenters. The Balaban J connectivity index is 2.52. The number of ether oxygens (including phenoxy) is 1. The van der Waals surface area contributed by atoms with E-state index >= 15 is 0 Å². The number of ketones is 1. The summed E-state index contributed by atoms with van der Waals surface area (Å²) in [7, 11) is 1.28. The second kappa shape index (κ2) is 7.34. The molecule has 0 aliphatic heterocycles. The zero-order valence-electron chi connectivity index (χ0n) is 13.5. The second-order valence-corrected chi connectivity index (χ2v) is 5.00. The minimum absolute atomic E-state index is 0.0659. The van der Waals surface area contributed by atoms with E-state index in [0.717, 1.165) is 0 Å². The number of carbonyl (C=O) groups is 2. The summed E-state index contributed by atoms with van der Waals surface area (Å²) in [6, 6.07) is 9.17. The van der Waals surface area contributed by atoms with E-state index in [9.17, 15) is 14.5 Å². The molecule has 0 heterocycles. The molecule has 0 N–H and O–H groups in total. The van der Waals surface area contributed by atoms with Crippen molar-refractivity contribution in [2.24, 2.45) is 5.18 Å². The van der Waals surface area contributed by atoms with E-state index in [-0.39, 0.29) is 17.0 Å². The fourth-order valence-electron chi connectivity index (χ4n) is 2.35. The average Bonchev–Trinajstić information content (AvgIpc) is 2.62. The molecule has 0 saturated heterocycles. The van der Waals surface area contributed by atoms with Gasteiger partial charge in [0.2, 0.25) is 0 Å². The van der Waals surface area contributed by atoms with Gasteiger partial charge >= 0.3 is 5.97 Å². The lowest BCUT2D eigenvalue weighted by atomic mass is 9.93. The van der Waals surface area contributed by atoms with Crippen molar-refractivity contribution in [1.29, 1.82) is 0 Å². The van der Waals surface area contributed by atoms with E-state index in [1.807, 2.05) is 0 Å². The molecule has 24 heavy (non-hydrogen) atoms. The van der Waals surface area contributed by atoms with Gasteiger partial charge in [-0.25, -0.2) is 4.79 Å². The Morgan fingerprint density at radius 3 is 2.21 bits per heavy atom. The first-order valence-electron chi connectivity index (χ1n) is 7.16. The maximum absolute atomic E-state index is 12.8. The average molecular weight is 321 g/mol. The molecular formula is C19H15NO4. The van der Waals surface area contributed by atoms with Crippen molar-refractivity contribution < 1.29 is 14.3 Å². The molecule has 5 heteroatoms. The molecule has 2 aromatic rings. The molecule has 0 unspecified atom stereocenters. The first-order chi connectivity index (χ1) is 11.5. The van der Waals surface area contributed by atoms with Gasteiger partial charge in [-0.15, -0.1) is 10.8 Å². The Labute approximate surface area is 139 Å². The number of nitrogens with zero attached hydrogens (tertiary/aromatic N) is 1. The van der Waals surface area contributed by atoms with Crippen molar-refractivity contribution in [2.45, 2.75) is 13.8 Å². The van der Waals surface area contributed by atoms with Crippen molar-refractivity contribution in [1.82, 2.24) is 0 Å². The Kier molecular flexibility index (Phi) is 5.23. The molecule has 0 fully saturated rings. The number of hydrogen-bond acceptors (Lipinski definition) is 5. The third kappa shape index (κ3) is 3.23. The largest absolute Gasteiger partial charge is 0.465 e. The molecule has 0 saturated carbocycles. The van der Waals surface area contributed by atoms with Crippen LogP contribution >= 0.6 is 0 Å². The number of methoxy groups -OCH3 is 1. The van der Waals surface area contributed by atoms with Gasteiger partial charge in [0.05, 0.1) is 18.2 Å². The van der Waals surface area contributed by atoms with Crippen LogP contribution in [0.5, 0.6) is 0 Å². The van der Waals surface area contributed by atoms with Crippen LogP contribution in [0, 0.1) is 23.7 Å². The highest BCUT2D eigenvalue weighted by Crippen LogP contribution is 2.28. The van der Waals surface area contributed by atoms with Crippen LogP contribution < -0.4 is 0 Å². The quantitative estimate of drug-likeness (QED) is 0.372. The predicted molar refractivity (Wildman–Crippen MR) is 90.4 cm³/mol. The zero-order chi connectivity index (χ0) is 17.7. The maximum Gasteiger partial charge on any atom is 0.337 e. The summed E-state index contributed by atoms with van der Waals surface area (Å²) in [5.74, 6) is 4.84. The van der Waals surface area contributed by atoms with E-state index in [1.165, 1.54) is 37.4 Å². The highest BCUT2D eigenvalue weighted by atomic mass is 16.5. The van der Waals surface area contributed by atoms with Crippen LogP contribution in [0.1, 0.15) is 44.3 Å². The first-order valence-corrected chi connectivity index (χ1v) is 7.16. The number of esters is 1. The number of benzene rings is 2. The topological polar surface area (TPSA) is 72.8 Å². The molecule has 120 valence electrons. The molecule has 2 aromatic carbocycles.